The fraction of sp³-hybridized carbons (Fsp3) is 0.120. The van der Waals surface area contributed by atoms with Crippen molar-refractivity contribution >= 4 is 46.9 Å². The Morgan fingerprint density at radius 2 is 1.91 bits per heavy atom. The van der Waals surface area contributed by atoms with Gasteiger partial charge in [-0.1, -0.05) is 24.3 Å². The molecule has 0 aliphatic carbocycles. The van der Waals surface area contributed by atoms with Gasteiger partial charge in [0.2, 0.25) is 5.76 Å². The summed E-state index contributed by atoms with van der Waals surface area (Å²) in [4.78, 5) is 38.1. The summed E-state index contributed by atoms with van der Waals surface area (Å²) in [5.74, 6) is -1.46. The van der Waals surface area contributed by atoms with Crippen LogP contribution in [0.3, 0.4) is 0 Å². The Hall–Kier alpha value is -4.44. The van der Waals surface area contributed by atoms with Gasteiger partial charge in [-0.3, -0.25) is 19.8 Å². The van der Waals surface area contributed by atoms with E-state index in [9.17, 15) is 14.4 Å². The summed E-state index contributed by atoms with van der Waals surface area (Å²) in [6.07, 6.45) is 1.45. The first-order chi connectivity index (χ1) is 16.8. The minimum absolute atomic E-state index is 0.0109. The van der Waals surface area contributed by atoms with Gasteiger partial charge in [-0.25, -0.2) is 4.79 Å². The maximum atomic E-state index is 13.2. The van der Waals surface area contributed by atoms with Crippen LogP contribution < -0.4 is 19.7 Å². The second-order valence-electron chi connectivity index (χ2n) is 7.51. The van der Waals surface area contributed by atoms with Crippen LogP contribution in [-0.4, -0.2) is 35.1 Å². The number of methoxy groups -OCH3 is 1. The molecule has 35 heavy (non-hydrogen) atoms. The maximum Gasteiger partial charge on any atom is 0.371 e. The van der Waals surface area contributed by atoms with Crippen LogP contribution in [-0.2, 0) is 16.2 Å². The molecule has 178 valence electrons. The third-order valence-electron chi connectivity index (χ3n) is 5.20. The normalized spacial score (nSPS) is 14.7. The van der Waals surface area contributed by atoms with Crippen molar-refractivity contribution in [2.24, 2.45) is 0 Å². The van der Waals surface area contributed by atoms with Gasteiger partial charge in [0, 0.05) is 0 Å². The van der Waals surface area contributed by atoms with E-state index in [1.165, 1.54) is 30.2 Å². The topological polar surface area (TPSA) is 118 Å². The molecule has 2 aromatic carbocycles. The zero-order chi connectivity index (χ0) is 25.1. The Kier molecular flexibility index (Phi) is 6.65. The number of benzene rings is 2. The zero-order valence-corrected chi connectivity index (χ0v) is 19.5. The van der Waals surface area contributed by atoms with Crippen LogP contribution in [0.4, 0.5) is 5.69 Å². The summed E-state index contributed by atoms with van der Waals surface area (Å²) >= 11 is 5.25. The summed E-state index contributed by atoms with van der Waals surface area (Å²) in [7, 11) is 1.45. The van der Waals surface area contributed by atoms with E-state index in [1.54, 1.807) is 30.3 Å². The van der Waals surface area contributed by atoms with E-state index in [1.807, 2.05) is 19.1 Å². The highest BCUT2D eigenvalue weighted by Gasteiger charge is 2.35. The number of carbonyl (C=O) groups is 3. The van der Waals surface area contributed by atoms with E-state index in [2.05, 4.69) is 5.32 Å². The average molecular weight is 493 g/mol. The number of ether oxygens (including phenoxy) is 2. The molecule has 4 rings (SSSR count). The number of rotatable bonds is 7. The number of anilines is 1. The zero-order valence-electron chi connectivity index (χ0n) is 18.7. The van der Waals surface area contributed by atoms with Crippen LogP contribution in [0.2, 0.25) is 0 Å². The van der Waals surface area contributed by atoms with Gasteiger partial charge >= 0.3 is 5.97 Å². The fourth-order valence-corrected chi connectivity index (χ4v) is 3.74. The van der Waals surface area contributed by atoms with Gasteiger partial charge in [-0.15, -0.1) is 0 Å². The standard InChI is InChI=1S/C25H20N2O7S/c1-14-5-3-4-6-18(14)27-23(29)17(22(28)26-25(27)35)11-15-7-9-19(21(12-15)32-2)33-13-16-8-10-20(34-16)24(30)31/h3-12H,13H2,1-2H3,(H,30,31)(H,26,28,35)/b17-11+. The molecule has 0 radical (unpaired) electrons. The Morgan fingerprint density at radius 1 is 1.14 bits per heavy atom. The first-order valence-corrected chi connectivity index (χ1v) is 10.8. The van der Waals surface area contributed by atoms with E-state index in [-0.39, 0.29) is 23.1 Å². The number of hydrogen-bond donors (Lipinski definition) is 2. The van der Waals surface area contributed by atoms with Crippen molar-refractivity contribution in [3.63, 3.8) is 0 Å². The van der Waals surface area contributed by atoms with Gasteiger partial charge < -0.3 is 19.0 Å². The summed E-state index contributed by atoms with van der Waals surface area (Å²) in [5.41, 5.74) is 1.85. The van der Waals surface area contributed by atoms with Gasteiger partial charge in [-0.2, -0.15) is 0 Å². The van der Waals surface area contributed by atoms with Crippen LogP contribution in [0.15, 0.2) is 64.6 Å². The highest BCUT2D eigenvalue weighted by Crippen LogP contribution is 2.31. The number of carboxylic acids is 1. The van der Waals surface area contributed by atoms with Gasteiger partial charge in [0.05, 0.1) is 12.8 Å². The Bertz CT molecular complexity index is 1380. The van der Waals surface area contributed by atoms with Gasteiger partial charge in [0.1, 0.15) is 17.9 Å². The van der Waals surface area contributed by atoms with Crippen LogP contribution in [0.1, 0.15) is 27.4 Å². The molecular formula is C25H20N2O7S. The van der Waals surface area contributed by atoms with Crippen molar-refractivity contribution in [3.05, 3.63) is 82.8 Å². The summed E-state index contributed by atoms with van der Waals surface area (Å²) < 4.78 is 16.3. The smallest absolute Gasteiger partial charge is 0.371 e. The molecule has 1 aliphatic heterocycles. The van der Waals surface area contributed by atoms with Crippen LogP contribution in [0, 0.1) is 6.92 Å². The lowest BCUT2D eigenvalue weighted by molar-refractivity contribution is -0.122. The molecule has 0 bridgehead atoms. The highest BCUT2D eigenvalue weighted by atomic mass is 32.1. The molecule has 9 nitrogen and oxygen atoms in total. The molecule has 10 heteroatoms. The first kappa shape index (κ1) is 23.7. The molecule has 2 N–H and O–H groups in total. The maximum absolute atomic E-state index is 13.2. The van der Waals surface area contributed by atoms with Gasteiger partial charge in [0.25, 0.3) is 11.8 Å². The monoisotopic (exact) mass is 492 g/mol. The molecule has 0 saturated carbocycles. The summed E-state index contributed by atoms with van der Waals surface area (Å²) in [6, 6.07) is 15.0. The van der Waals surface area contributed by atoms with Crippen molar-refractivity contribution in [2.45, 2.75) is 13.5 Å². The largest absolute Gasteiger partial charge is 0.493 e. The summed E-state index contributed by atoms with van der Waals surface area (Å²) in [6.45, 7) is 1.83. The predicted octanol–water partition coefficient (Wildman–Crippen LogP) is 3.71. The number of amides is 2. The Balaban J connectivity index is 1.58. The predicted molar refractivity (Wildman–Crippen MR) is 130 cm³/mol. The lowest BCUT2D eigenvalue weighted by atomic mass is 10.1. The average Bonchev–Trinajstić information content (AvgIpc) is 3.31. The number of hydrogen-bond acceptors (Lipinski definition) is 7. The molecular weight excluding hydrogens is 472 g/mol. The Morgan fingerprint density at radius 3 is 2.60 bits per heavy atom. The van der Waals surface area contributed by atoms with Crippen molar-refractivity contribution < 1.29 is 33.4 Å². The van der Waals surface area contributed by atoms with Gasteiger partial charge in [-0.05, 0) is 66.7 Å². The second-order valence-corrected chi connectivity index (χ2v) is 7.90. The van der Waals surface area contributed by atoms with E-state index in [4.69, 9.17) is 31.2 Å². The lowest BCUT2D eigenvalue weighted by Crippen LogP contribution is -2.54. The van der Waals surface area contributed by atoms with Crippen molar-refractivity contribution in [3.8, 4) is 11.5 Å². The van der Waals surface area contributed by atoms with E-state index < -0.39 is 17.8 Å². The summed E-state index contributed by atoms with van der Waals surface area (Å²) in [5, 5.41) is 11.5. The van der Waals surface area contributed by atoms with E-state index in [0.717, 1.165) is 5.56 Å². The van der Waals surface area contributed by atoms with Crippen LogP contribution >= 0.6 is 12.2 Å². The SMILES string of the molecule is COc1cc(/C=C2\C(=O)NC(=S)N(c3ccccc3C)C2=O)ccc1OCc1ccc(C(=O)O)o1. The lowest BCUT2D eigenvalue weighted by Gasteiger charge is -2.30. The van der Waals surface area contributed by atoms with E-state index in [0.29, 0.717) is 28.5 Å². The third kappa shape index (κ3) is 4.92. The van der Waals surface area contributed by atoms with Crippen molar-refractivity contribution in [1.29, 1.82) is 0 Å². The quantitative estimate of drug-likeness (QED) is 0.291. The number of aromatic carboxylic acids is 1. The fourth-order valence-electron chi connectivity index (χ4n) is 3.47. The Labute approximate surface area is 205 Å². The highest BCUT2D eigenvalue weighted by molar-refractivity contribution is 7.80. The minimum Gasteiger partial charge on any atom is -0.493 e. The number of nitrogens with one attached hydrogen (secondary N) is 1. The molecule has 1 aliphatic rings. The van der Waals surface area contributed by atoms with E-state index >= 15 is 0 Å². The molecule has 1 saturated heterocycles. The number of thiocarbonyl (C=S) groups is 1. The molecule has 3 aromatic rings. The second kappa shape index (κ2) is 9.82. The third-order valence-corrected chi connectivity index (χ3v) is 5.48. The minimum atomic E-state index is -1.17. The number of nitrogens with zero attached hydrogens (tertiary/aromatic N) is 1. The van der Waals surface area contributed by atoms with Crippen LogP contribution in [0.5, 0.6) is 11.5 Å². The number of para-hydroxylation sites is 1. The number of aryl methyl sites for hydroxylation is 1. The molecule has 0 unspecified atom stereocenters. The molecule has 0 atom stereocenters. The molecule has 1 aromatic heterocycles. The molecule has 2 heterocycles. The van der Waals surface area contributed by atoms with Crippen LogP contribution in [0.25, 0.3) is 6.08 Å². The molecule has 1 fully saturated rings. The molecule has 2 amide bonds. The first-order valence-electron chi connectivity index (χ1n) is 10.4. The number of carboxylic acid groups (broad SMARTS) is 1. The van der Waals surface area contributed by atoms with Crippen molar-refractivity contribution in [1.82, 2.24) is 5.32 Å². The molecule has 0 spiro atoms. The van der Waals surface area contributed by atoms with Gasteiger partial charge in [0.15, 0.2) is 16.6 Å². The van der Waals surface area contributed by atoms with Crippen molar-refractivity contribution in [2.75, 3.05) is 12.0 Å². The number of carbonyl (C=O) groups excluding carboxylic acids is 2. The number of furan rings is 1.